The van der Waals surface area contributed by atoms with Crippen molar-refractivity contribution in [2.45, 2.75) is 25.2 Å². The van der Waals surface area contributed by atoms with Crippen molar-refractivity contribution in [2.75, 3.05) is 13.2 Å². The zero-order valence-corrected chi connectivity index (χ0v) is 10.7. The fourth-order valence-electron chi connectivity index (χ4n) is 2.13. The molecule has 0 saturated heterocycles. The molecule has 88 valence electrons. The molecule has 4 heteroatoms. The predicted octanol–water partition coefficient (Wildman–Crippen LogP) is 3.38. The minimum Gasteiger partial charge on any atom is -0.492 e. The molecule has 1 aromatic carbocycles. The van der Waals surface area contributed by atoms with E-state index in [9.17, 15) is 0 Å². The molecule has 16 heavy (non-hydrogen) atoms. The number of hydrogen-bond acceptors (Lipinski definition) is 2. The van der Waals surface area contributed by atoms with Crippen LogP contribution in [0.4, 0.5) is 0 Å². The Hall–Kier alpha value is -0.440. The van der Waals surface area contributed by atoms with Crippen LogP contribution in [0.25, 0.3) is 0 Å². The van der Waals surface area contributed by atoms with Gasteiger partial charge in [0.05, 0.1) is 11.6 Å². The molecule has 1 aliphatic heterocycles. The third-order valence-corrected chi connectivity index (χ3v) is 4.06. The lowest BCUT2D eigenvalue weighted by molar-refractivity contribution is 0.313. The first-order chi connectivity index (χ1) is 7.58. The lowest BCUT2D eigenvalue weighted by atomic mass is 9.79. The third kappa shape index (κ3) is 1.90. The lowest BCUT2D eigenvalue weighted by Gasteiger charge is -2.28. The summed E-state index contributed by atoms with van der Waals surface area (Å²) < 4.78 is 5.69. The van der Waals surface area contributed by atoms with Crippen LogP contribution in [-0.4, -0.2) is 13.2 Å². The van der Waals surface area contributed by atoms with E-state index >= 15 is 0 Å². The molecule has 1 heterocycles. The largest absolute Gasteiger partial charge is 0.492 e. The van der Waals surface area contributed by atoms with Crippen LogP contribution < -0.4 is 10.5 Å². The van der Waals surface area contributed by atoms with E-state index in [0.29, 0.717) is 28.9 Å². The molecular formula is C12H15Cl2NO. The van der Waals surface area contributed by atoms with Crippen molar-refractivity contribution in [1.29, 1.82) is 0 Å². The summed E-state index contributed by atoms with van der Waals surface area (Å²) >= 11 is 12.2. The lowest BCUT2D eigenvalue weighted by Crippen LogP contribution is -2.31. The van der Waals surface area contributed by atoms with Crippen molar-refractivity contribution in [3.8, 4) is 5.75 Å². The Bertz CT molecular complexity index is 408. The minimum atomic E-state index is -0.0694. The highest BCUT2D eigenvalue weighted by Crippen LogP contribution is 2.44. The Morgan fingerprint density at radius 1 is 1.44 bits per heavy atom. The molecule has 0 radical (unpaired) electrons. The van der Waals surface area contributed by atoms with Crippen molar-refractivity contribution in [2.24, 2.45) is 5.73 Å². The van der Waals surface area contributed by atoms with Crippen molar-refractivity contribution >= 4 is 23.2 Å². The number of halogens is 2. The molecule has 0 amide bonds. The van der Waals surface area contributed by atoms with Gasteiger partial charge in [0.1, 0.15) is 10.8 Å². The van der Waals surface area contributed by atoms with Gasteiger partial charge in [-0.05, 0) is 18.9 Å². The van der Waals surface area contributed by atoms with E-state index in [1.165, 1.54) is 0 Å². The van der Waals surface area contributed by atoms with E-state index in [1.807, 2.05) is 12.1 Å². The Morgan fingerprint density at radius 2 is 2.19 bits per heavy atom. The topological polar surface area (TPSA) is 35.2 Å². The predicted molar refractivity (Wildman–Crippen MR) is 67.6 cm³/mol. The SMILES string of the molecule is CC1(CN)CCCOc2c1ccc(Cl)c2Cl. The fourth-order valence-corrected chi connectivity index (χ4v) is 2.50. The normalized spacial score (nSPS) is 24.5. The maximum Gasteiger partial charge on any atom is 0.143 e. The number of fused-ring (bicyclic) bond motifs is 1. The molecule has 0 aliphatic carbocycles. The Balaban J connectivity index is 2.59. The number of ether oxygens (including phenoxy) is 1. The Morgan fingerprint density at radius 3 is 2.88 bits per heavy atom. The summed E-state index contributed by atoms with van der Waals surface area (Å²) in [6.45, 7) is 3.40. The average Bonchev–Trinajstić information content (AvgIpc) is 2.45. The van der Waals surface area contributed by atoms with Crippen LogP contribution in [-0.2, 0) is 5.41 Å². The first-order valence-electron chi connectivity index (χ1n) is 5.40. The van der Waals surface area contributed by atoms with Gasteiger partial charge < -0.3 is 10.5 Å². The van der Waals surface area contributed by atoms with E-state index < -0.39 is 0 Å². The first-order valence-corrected chi connectivity index (χ1v) is 6.15. The van der Waals surface area contributed by atoms with Crippen molar-refractivity contribution in [3.05, 3.63) is 27.7 Å². The van der Waals surface area contributed by atoms with Crippen LogP contribution in [0.15, 0.2) is 12.1 Å². The van der Waals surface area contributed by atoms with Gasteiger partial charge in [0, 0.05) is 17.5 Å². The molecule has 0 bridgehead atoms. The minimum absolute atomic E-state index is 0.0694. The smallest absolute Gasteiger partial charge is 0.143 e. The molecule has 1 aliphatic rings. The molecule has 1 unspecified atom stereocenters. The molecular weight excluding hydrogens is 245 g/mol. The number of hydrogen-bond donors (Lipinski definition) is 1. The van der Waals surface area contributed by atoms with E-state index in [2.05, 4.69) is 6.92 Å². The van der Waals surface area contributed by atoms with Crippen LogP contribution >= 0.6 is 23.2 Å². The van der Waals surface area contributed by atoms with Gasteiger partial charge in [-0.2, -0.15) is 0 Å². The highest BCUT2D eigenvalue weighted by molar-refractivity contribution is 6.43. The second-order valence-electron chi connectivity index (χ2n) is 4.45. The van der Waals surface area contributed by atoms with Gasteiger partial charge in [-0.15, -0.1) is 0 Å². The number of nitrogens with two attached hydrogens (primary N) is 1. The molecule has 2 N–H and O–H groups in total. The summed E-state index contributed by atoms with van der Waals surface area (Å²) in [5, 5.41) is 1.03. The zero-order chi connectivity index (χ0) is 11.8. The van der Waals surface area contributed by atoms with Gasteiger partial charge in [-0.3, -0.25) is 0 Å². The van der Waals surface area contributed by atoms with Crippen LogP contribution in [0.5, 0.6) is 5.75 Å². The van der Waals surface area contributed by atoms with Gasteiger partial charge in [0.2, 0.25) is 0 Å². The quantitative estimate of drug-likeness (QED) is 0.840. The fraction of sp³-hybridized carbons (Fsp3) is 0.500. The summed E-state index contributed by atoms with van der Waals surface area (Å²) in [5.41, 5.74) is 6.88. The van der Waals surface area contributed by atoms with Crippen LogP contribution in [0, 0.1) is 0 Å². The third-order valence-electron chi connectivity index (χ3n) is 3.27. The van der Waals surface area contributed by atoms with Crippen molar-refractivity contribution < 1.29 is 4.74 Å². The van der Waals surface area contributed by atoms with Gasteiger partial charge in [-0.1, -0.05) is 36.2 Å². The Kier molecular flexibility index (Phi) is 3.34. The second-order valence-corrected chi connectivity index (χ2v) is 5.24. The van der Waals surface area contributed by atoms with Gasteiger partial charge in [0.25, 0.3) is 0 Å². The van der Waals surface area contributed by atoms with Gasteiger partial charge in [-0.25, -0.2) is 0 Å². The van der Waals surface area contributed by atoms with Crippen molar-refractivity contribution in [3.63, 3.8) is 0 Å². The maximum absolute atomic E-state index is 6.17. The van der Waals surface area contributed by atoms with Gasteiger partial charge >= 0.3 is 0 Å². The van der Waals surface area contributed by atoms with E-state index in [0.717, 1.165) is 18.4 Å². The monoisotopic (exact) mass is 259 g/mol. The molecule has 2 rings (SSSR count). The summed E-state index contributed by atoms with van der Waals surface area (Å²) in [5.74, 6) is 0.708. The standard InChI is InChI=1S/C12H15Cl2NO/c1-12(7-15)5-2-6-16-11-8(12)3-4-9(13)10(11)14/h3-4H,2,5-7,15H2,1H3. The molecule has 0 aromatic heterocycles. The summed E-state index contributed by atoms with van der Waals surface area (Å²) in [4.78, 5) is 0. The molecule has 1 aromatic rings. The Labute approximate surface area is 106 Å². The van der Waals surface area contributed by atoms with E-state index in [1.54, 1.807) is 0 Å². The van der Waals surface area contributed by atoms with E-state index in [-0.39, 0.29) is 5.41 Å². The molecule has 0 spiro atoms. The maximum atomic E-state index is 6.17. The molecule has 1 atom stereocenters. The number of rotatable bonds is 1. The summed E-state index contributed by atoms with van der Waals surface area (Å²) in [6.07, 6.45) is 1.99. The average molecular weight is 260 g/mol. The molecule has 0 saturated carbocycles. The highest BCUT2D eigenvalue weighted by Gasteiger charge is 2.32. The van der Waals surface area contributed by atoms with Crippen LogP contribution in [0.1, 0.15) is 25.3 Å². The summed E-state index contributed by atoms with van der Waals surface area (Å²) in [7, 11) is 0. The van der Waals surface area contributed by atoms with E-state index in [4.69, 9.17) is 33.7 Å². The molecule has 2 nitrogen and oxygen atoms in total. The highest BCUT2D eigenvalue weighted by atomic mass is 35.5. The number of benzene rings is 1. The second kappa shape index (κ2) is 4.44. The van der Waals surface area contributed by atoms with Crippen LogP contribution in [0.3, 0.4) is 0 Å². The first kappa shape index (κ1) is 12.0. The molecule has 0 fully saturated rings. The van der Waals surface area contributed by atoms with Gasteiger partial charge in [0.15, 0.2) is 0 Å². The van der Waals surface area contributed by atoms with Crippen LogP contribution in [0.2, 0.25) is 10.0 Å². The summed E-state index contributed by atoms with van der Waals surface area (Å²) in [6, 6.07) is 3.78. The van der Waals surface area contributed by atoms with Crippen molar-refractivity contribution in [1.82, 2.24) is 0 Å². The zero-order valence-electron chi connectivity index (χ0n) is 9.22.